The molecule has 1 saturated heterocycles. The molecule has 5 nitrogen and oxygen atoms in total. The van der Waals surface area contributed by atoms with Gasteiger partial charge in [0.25, 0.3) is 0 Å². The van der Waals surface area contributed by atoms with Gasteiger partial charge in [-0.15, -0.1) is 0 Å². The van der Waals surface area contributed by atoms with Gasteiger partial charge in [0, 0.05) is 19.5 Å². The van der Waals surface area contributed by atoms with Crippen molar-refractivity contribution in [2.75, 3.05) is 20.2 Å². The first-order chi connectivity index (χ1) is 6.70. The fourth-order valence-electron chi connectivity index (χ4n) is 1.71. The maximum atomic E-state index is 11.5. The van der Waals surface area contributed by atoms with Gasteiger partial charge < -0.3 is 15.4 Å². The van der Waals surface area contributed by atoms with Crippen molar-refractivity contribution >= 4 is 11.9 Å². The van der Waals surface area contributed by atoms with E-state index in [1.165, 1.54) is 7.11 Å². The molecule has 1 amide bonds. The smallest absolute Gasteiger partial charge is 0.328 e. The molecule has 0 aromatic heterocycles. The van der Waals surface area contributed by atoms with Crippen LogP contribution in [0.1, 0.15) is 19.3 Å². The summed E-state index contributed by atoms with van der Waals surface area (Å²) in [5, 5.41) is 0. The van der Waals surface area contributed by atoms with Gasteiger partial charge in [0.1, 0.15) is 6.04 Å². The zero-order valence-electron chi connectivity index (χ0n) is 8.36. The van der Waals surface area contributed by atoms with E-state index in [2.05, 4.69) is 4.74 Å². The minimum atomic E-state index is -0.390. The Morgan fingerprint density at radius 3 is 2.86 bits per heavy atom. The van der Waals surface area contributed by atoms with Gasteiger partial charge in [0.05, 0.1) is 7.11 Å². The number of nitrogens with two attached hydrogens (primary N) is 1. The fourth-order valence-corrected chi connectivity index (χ4v) is 1.71. The Bertz CT molecular complexity index is 230. The highest BCUT2D eigenvalue weighted by Crippen LogP contribution is 2.18. The van der Waals surface area contributed by atoms with E-state index in [0.29, 0.717) is 25.9 Å². The van der Waals surface area contributed by atoms with E-state index in [1.54, 1.807) is 4.90 Å². The van der Waals surface area contributed by atoms with E-state index in [0.717, 1.165) is 6.42 Å². The maximum absolute atomic E-state index is 11.5. The van der Waals surface area contributed by atoms with E-state index >= 15 is 0 Å². The van der Waals surface area contributed by atoms with Gasteiger partial charge in [-0.1, -0.05) is 0 Å². The molecule has 1 heterocycles. The van der Waals surface area contributed by atoms with E-state index in [-0.39, 0.29) is 17.9 Å². The van der Waals surface area contributed by atoms with Crippen LogP contribution in [0.5, 0.6) is 0 Å². The molecule has 1 rings (SSSR count). The fraction of sp³-hybridized carbons (Fsp3) is 0.778. The molecule has 0 aromatic rings. The van der Waals surface area contributed by atoms with E-state index in [9.17, 15) is 9.59 Å². The third kappa shape index (κ3) is 2.23. The number of amides is 1. The van der Waals surface area contributed by atoms with Crippen LogP contribution < -0.4 is 5.73 Å². The average molecular weight is 200 g/mol. The maximum Gasteiger partial charge on any atom is 0.328 e. The third-order valence-corrected chi connectivity index (χ3v) is 2.40. The number of carbonyl (C=O) groups is 2. The van der Waals surface area contributed by atoms with Crippen LogP contribution >= 0.6 is 0 Å². The lowest BCUT2D eigenvalue weighted by atomic mass is 10.2. The summed E-state index contributed by atoms with van der Waals surface area (Å²) in [6, 6.07) is -0.390. The molecule has 80 valence electrons. The molecule has 2 N–H and O–H groups in total. The Balaban J connectivity index is 2.59. The van der Waals surface area contributed by atoms with Crippen molar-refractivity contribution in [2.24, 2.45) is 5.73 Å². The number of nitrogens with zero attached hydrogens (tertiary/aromatic N) is 1. The van der Waals surface area contributed by atoms with Crippen molar-refractivity contribution in [3.05, 3.63) is 0 Å². The quantitative estimate of drug-likeness (QED) is 0.623. The van der Waals surface area contributed by atoms with E-state index in [1.807, 2.05) is 0 Å². The number of likely N-dealkylation sites (tertiary alicyclic amines) is 1. The van der Waals surface area contributed by atoms with E-state index in [4.69, 9.17) is 5.73 Å². The predicted octanol–water partition coefficient (Wildman–Crippen LogP) is -0.501. The number of methoxy groups -OCH3 is 1. The van der Waals surface area contributed by atoms with Crippen LogP contribution in [0.3, 0.4) is 0 Å². The first-order valence-electron chi connectivity index (χ1n) is 4.78. The number of rotatable bonds is 3. The second kappa shape index (κ2) is 4.95. The zero-order chi connectivity index (χ0) is 10.6. The lowest BCUT2D eigenvalue weighted by Gasteiger charge is -2.22. The number of esters is 1. The third-order valence-electron chi connectivity index (χ3n) is 2.40. The van der Waals surface area contributed by atoms with Gasteiger partial charge >= 0.3 is 5.97 Å². The second-order valence-corrected chi connectivity index (χ2v) is 3.31. The Morgan fingerprint density at radius 1 is 1.57 bits per heavy atom. The van der Waals surface area contributed by atoms with E-state index < -0.39 is 0 Å². The van der Waals surface area contributed by atoms with Gasteiger partial charge in [-0.2, -0.15) is 0 Å². The Hall–Kier alpha value is -1.10. The number of ether oxygens (including phenoxy) is 1. The summed E-state index contributed by atoms with van der Waals surface area (Å²) in [5.74, 6) is -0.381. The summed E-state index contributed by atoms with van der Waals surface area (Å²) in [6.07, 6.45) is 1.85. The minimum absolute atomic E-state index is 0.0552. The largest absolute Gasteiger partial charge is 0.467 e. The van der Waals surface area contributed by atoms with Crippen molar-refractivity contribution in [3.63, 3.8) is 0 Å². The molecule has 0 radical (unpaired) electrons. The van der Waals surface area contributed by atoms with Gasteiger partial charge in [0.2, 0.25) is 5.91 Å². The van der Waals surface area contributed by atoms with Crippen LogP contribution in [0.15, 0.2) is 0 Å². The molecule has 1 unspecified atom stereocenters. The first kappa shape index (κ1) is 11.0. The summed E-state index contributed by atoms with van der Waals surface area (Å²) in [7, 11) is 1.34. The van der Waals surface area contributed by atoms with Gasteiger partial charge in [0.15, 0.2) is 0 Å². The average Bonchev–Trinajstić information content (AvgIpc) is 2.65. The highest BCUT2D eigenvalue weighted by atomic mass is 16.5. The van der Waals surface area contributed by atoms with Crippen LogP contribution in [0.4, 0.5) is 0 Å². The molecule has 1 aliphatic heterocycles. The molecule has 0 aromatic carbocycles. The normalized spacial score (nSPS) is 21.0. The molecule has 1 atom stereocenters. The van der Waals surface area contributed by atoms with Crippen molar-refractivity contribution in [1.82, 2.24) is 4.90 Å². The van der Waals surface area contributed by atoms with Gasteiger partial charge in [-0.05, 0) is 12.8 Å². The molecule has 0 spiro atoms. The van der Waals surface area contributed by atoms with Crippen LogP contribution in [0.2, 0.25) is 0 Å². The SMILES string of the molecule is COC(=O)C1CCCN1C(=O)CCN. The van der Waals surface area contributed by atoms with Crippen molar-refractivity contribution < 1.29 is 14.3 Å². The van der Waals surface area contributed by atoms with Crippen LogP contribution in [-0.2, 0) is 14.3 Å². The van der Waals surface area contributed by atoms with Crippen molar-refractivity contribution in [3.8, 4) is 0 Å². The monoisotopic (exact) mass is 200 g/mol. The standard InChI is InChI=1S/C9H16N2O3/c1-14-9(13)7-3-2-6-11(7)8(12)4-5-10/h7H,2-6,10H2,1H3. The lowest BCUT2D eigenvalue weighted by Crippen LogP contribution is -2.41. The summed E-state index contributed by atoms with van der Waals surface area (Å²) in [6.45, 7) is 0.960. The summed E-state index contributed by atoms with van der Waals surface area (Å²) in [4.78, 5) is 24.4. The second-order valence-electron chi connectivity index (χ2n) is 3.31. The van der Waals surface area contributed by atoms with Crippen LogP contribution in [-0.4, -0.2) is 43.0 Å². The van der Waals surface area contributed by atoms with Crippen LogP contribution in [0, 0.1) is 0 Å². The Morgan fingerprint density at radius 2 is 2.29 bits per heavy atom. The number of hydrogen-bond acceptors (Lipinski definition) is 4. The summed E-state index contributed by atoms with van der Waals surface area (Å²) in [5.41, 5.74) is 5.29. The van der Waals surface area contributed by atoms with Crippen LogP contribution in [0.25, 0.3) is 0 Å². The number of carbonyl (C=O) groups excluding carboxylic acids is 2. The molecule has 5 heteroatoms. The highest BCUT2D eigenvalue weighted by Gasteiger charge is 2.34. The molecular formula is C9H16N2O3. The lowest BCUT2D eigenvalue weighted by molar-refractivity contribution is -0.150. The Kier molecular flexibility index (Phi) is 3.88. The van der Waals surface area contributed by atoms with Gasteiger partial charge in [-0.25, -0.2) is 4.79 Å². The Labute approximate surface area is 83.2 Å². The topological polar surface area (TPSA) is 72.6 Å². The molecule has 0 saturated carbocycles. The highest BCUT2D eigenvalue weighted by molar-refractivity contribution is 5.85. The van der Waals surface area contributed by atoms with Crippen molar-refractivity contribution in [1.29, 1.82) is 0 Å². The van der Waals surface area contributed by atoms with Crippen molar-refractivity contribution in [2.45, 2.75) is 25.3 Å². The molecule has 0 aliphatic carbocycles. The first-order valence-corrected chi connectivity index (χ1v) is 4.78. The summed E-state index contributed by atoms with van der Waals surface area (Å²) >= 11 is 0. The molecule has 14 heavy (non-hydrogen) atoms. The zero-order valence-corrected chi connectivity index (χ0v) is 8.36. The van der Waals surface area contributed by atoms with Gasteiger partial charge in [-0.3, -0.25) is 4.79 Å². The summed E-state index contributed by atoms with van der Waals surface area (Å²) < 4.78 is 4.63. The minimum Gasteiger partial charge on any atom is -0.467 e. The molecule has 0 bridgehead atoms. The molecular weight excluding hydrogens is 184 g/mol. The predicted molar refractivity (Wildman–Crippen MR) is 50.4 cm³/mol. The molecule has 1 aliphatic rings. The number of hydrogen-bond donors (Lipinski definition) is 1. The molecule has 1 fully saturated rings.